The molecule has 56 valence electrons. The fraction of sp³-hybridized carbons (Fsp3) is 0.500. The summed E-state index contributed by atoms with van der Waals surface area (Å²) in [5, 5.41) is 20.6. The minimum absolute atomic E-state index is 0.0161. The van der Waals surface area contributed by atoms with Gasteiger partial charge in [0.15, 0.2) is 0 Å². The van der Waals surface area contributed by atoms with Crippen molar-refractivity contribution in [2.75, 3.05) is 6.61 Å². The number of nitrogens with zero attached hydrogens (tertiary/aromatic N) is 1. The first kappa shape index (κ1) is 7.24. The number of hydrogen-bond donors (Lipinski definition) is 2. The van der Waals surface area contributed by atoms with Crippen molar-refractivity contribution in [3.05, 3.63) is 17.5 Å². The highest BCUT2D eigenvalue weighted by atomic mass is 16.5. The van der Waals surface area contributed by atoms with Crippen LogP contribution in [-0.2, 0) is 13.0 Å². The van der Waals surface area contributed by atoms with E-state index in [1.54, 1.807) is 0 Å². The lowest BCUT2D eigenvalue weighted by atomic mass is 10.2. The van der Waals surface area contributed by atoms with E-state index >= 15 is 0 Å². The lowest BCUT2D eigenvalue weighted by Crippen LogP contribution is -1.92. The van der Waals surface area contributed by atoms with E-state index in [0.717, 1.165) is 0 Å². The van der Waals surface area contributed by atoms with Crippen LogP contribution < -0.4 is 0 Å². The predicted molar refractivity (Wildman–Crippen MR) is 33.2 cm³/mol. The van der Waals surface area contributed by atoms with Gasteiger partial charge in [-0.05, 0) is 0 Å². The highest BCUT2D eigenvalue weighted by Crippen LogP contribution is 2.07. The smallest absolute Gasteiger partial charge is 0.144 e. The quantitative estimate of drug-likeness (QED) is 0.609. The molecule has 0 bridgehead atoms. The molecule has 0 saturated heterocycles. The second kappa shape index (κ2) is 3.34. The number of rotatable bonds is 3. The summed E-state index contributed by atoms with van der Waals surface area (Å²) in [5.74, 6) is 0.560. The predicted octanol–water partition coefficient (Wildman–Crippen LogP) is -0.298. The van der Waals surface area contributed by atoms with Crippen LogP contribution in [0.2, 0.25) is 0 Å². The Hall–Kier alpha value is -0.870. The maximum absolute atomic E-state index is 8.65. The van der Waals surface area contributed by atoms with Crippen LogP contribution in [0.5, 0.6) is 0 Å². The Morgan fingerprint density at radius 2 is 2.30 bits per heavy atom. The van der Waals surface area contributed by atoms with Crippen molar-refractivity contribution < 1.29 is 14.7 Å². The zero-order valence-electron chi connectivity index (χ0n) is 5.45. The van der Waals surface area contributed by atoms with E-state index in [1.165, 1.54) is 6.20 Å². The Morgan fingerprint density at radius 3 is 2.90 bits per heavy atom. The first-order valence-corrected chi connectivity index (χ1v) is 3.02. The van der Waals surface area contributed by atoms with Gasteiger partial charge in [0, 0.05) is 12.0 Å². The third-order valence-electron chi connectivity index (χ3n) is 1.24. The Balaban J connectivity index is 2.70. The number of hydrogen-bond acceptors (Lipinski definition) is 4. The molecule has 1 aromatic rings. The third-order valence-corrected chi connectivity index (χ3v) is 1.24. The van der Waals surface area contributed by atoms with E-state index in [1.807, 2.05) is 0 Å². The molecule has 1 rings (SSSR count). The number of aliphatic hydroxyl groups excluding tert-OH is 2. The van der Waals surface area contributed by atoms with E-state index in [4.69, 9.17) is 14.7 Å². The topological polar surface area (TPSA) is 66.5 Å². The van der Waals surface area contributed by atoms with Gasteiger partial charge in [-0.3, -0.25) is 0 Å². The average molecular weight is 143 g/mol. The average Bonchev–Trinajstić information content (AvgIpc) is 2.36. The minimum atomic E-state index is -0.0845. The Labute approximate surface area is 58.1 Å². The molecule has 4 heteroatoms. The molecule has 0 fully saturated rings. The second-order valence-corrected chi connectivity index (χ2v) is 1.91. The molecule has 4 nitrogen and oxygen atoms in total. The van der Waals surface area contributed by atoms with Crippen LogP contribution in [0.3, 0.4) is 0 Å². The van der Waals surface area contributed by atoms with Crippen LogP contribution in [0.15, 0.2) is 10.7 Å². The van der Waals surface area contributed by atoms with Crippen molar-refractivity contribution in [3.63, 3.8) is 0 Å². The highest BCUT2D eigenvalue weighted by Gasteiger charge is 2.04. The molecule has 0 aliphatic carbocycles. The van der Waals surface area contributed by atoms with Gasteiger partial charge in [0.1, 0.15) is 5.76 Å². The molecule has 1 heterocycles. The fourth-order valence-corrected chi connectivity index (χ4v) is 0.721. The summed E-state index contributed by atoms with van der Waals surface area (Å²) in [5.41, 5.74) is 0.647. The van der Waals surface area contributed by atoms with Crippen molar-refractivity contribution in [3.8, 4) is 0 Å². The van der Waals surface area contributed by atoms with Crippen molar-refractivity contribution in [1.29, 1.82) is 0 Å². The van der Waals surface area contributed by atoms with Gasteiger partial charge in [-0.15, -0.1) is 0 Å². The SMILES string of the molecule is OCCc1oncc1CO. The maximum atomic E-state index is 8.65. The zero-order chi connectivity index (χ0) is 7.40. The normalized spacial score (nSPS) is 10.2. The molecule has 0 unspecified atom stereocenters. The summed E-state index contributed by atoms with van der Waals surface area (Å²) in [6.45, 7) is -0.0684. The third kappa shape index (κ3) is 1.34. The minimum Gasteiger partial charge on any atom is -0.396 e. The van der Waals surface area contributed by atoms with Crippen LogP contribution >= 0.6 is 0 Å². The molecule has 0 aliphatic heterocycles. The largest absolute Gasteiger partial charge is 0.396 e. The molecule has 0 spiro atoms. The van der Waals surface area contributed by atoms with Crippen LogP contribution in [0.4, 0.5) is 0 Å². The molecule has 0 saturated carbocycles. The molecule has 0 aromatic carbocycles. The van der Waals surface area contributed by atoms with Crippen molar-refractivity contribution in [1.82, 2.24) is 5.16 Å². The summed E-state index contributed by atoms with van der Waals surface area (Å²) in [6.07, 6.45) is 1.86. The molecule has 0 atom stereocenters. The van der Waals surface area contributed by atoms with E-state index in [9.17, 15) is 0 Å². The van der Waals surface area contributed by atoms with Crippen LogP contribution in [0.1, 0.15) is 11.3 Å². The van der Waals surface area contributed by atoms with Gasteiger partial charge in [-0.1, -0.05) is 5.16 Å². The van der Waals surface area contributed by atoms with Gasteiger partial charge in [0.2, 0.25) is 0 Å². The van der Waals surface area contributed by atoms with Crippen molar-refractivity contribution >= 4 is 0 Å². The first-order valence-electron chi connectivity index (χ1n) is 3.02. The lowest BCUT2D eigenvalue weighted by molar-refractivity contribution is 0.262. The monoisotopic (exact) mass is 143 g/mol. The van der Waals surface area contributed by atoms with E-state index in [2.05, 4.69) is 5.16 Å². The van der Waals surface area contributed by atoms with E-state index < -0.39 is 0 Å². The number of aromatic nitrogens is 1. The fourth-order valence-electron chi connectivity index (χ4n) is 0.721. The van der Waals surface area contributed by atoms with Crippen LogP contribution in [0.25, 0.3) is 0 Å². The van der Waals surface area contributed by atoms with Gasteiger partial charge in [0.05, 0.1) is 19.4 Å². The Kier molecular flexibility index (Phi) is 2.42. The zero-order valence-corrected chi connectivity index (χ0v) is 5.45. The second-order valence-electron chi connectivity index (χ2n) is 1.91. The lowest BCUT2D eigenvalue weighted by Gasteiger charge is -1.91. The maximum Gasteiger partial charge on any atom is 0.144 e. The van der Waals surface area contributed by atoms with Crippen molar-refractivity contribution in [2.24, 2.45) is 0 Å². The van der Waals surface area contributed by atoms with E-state index in [-0.39, 0.29) is 13.2 Å². The highest BCUT2D eigenvalue weighted by molar-refractivity contribution is 5.11. The van der Waals surface area contributed by atoms with E-state index in [0.29, 0.717) is 17.7 Å². The molecular weight excluding hydrogens is 134 g/mol. The molecule has 0 aliphatic rings. The van der Waals surface area contributed by atoms with Gasteiger partial charge in [-0.25, -0.2) is 0 Å². The molecular formula is C6H9NO3. The molecule has 2 N–H and O–H groups in total. The van der Waals surface area contributed by atoms with Crippen molar-refractivity contribution in [2.45, 2.75) is 13.0 Å². The molecule has 10 heavy (non-hydrogen) atoms. The van der Waals surface area contributed by atoms with Gasteiger partial charge in [0.25, 0.3) is 0 Å². The first-order chi connectivity index (χ1) is 4.88. The van der Waals surface area contributed by atoms with Crippen LogP contribution in [-0.4, -0.2) is 22.0 Å². The van der Waals surface area contributed by atoms with Crippen LogP contribution in [0, 0.1) is 0 Å². The summed E-state index contributed by atoms with van der Waals surface area (Å²) in [7, 11) is 0. The molecule has 0 radical (unpaired) electrons. The van der Waals surface area contributed by atoms with Gasteiger partial charge < -0.3 is 14.7 Å². The Bertz CT molecular complexity index is 197. The summed E-state index contributed by atoms with van der Waals surface area (Å²) in [4.78, 5) is 0. The van der Waals surface area contributed by atoms with Gasteiger partial charge in [-0.2, -0.15) is 0 Å². The number of aliphatic hydroxyl groups is 2. The summed E-state index contributed by atoms with van der Waals surface area (Å²) >= 11 is 0. The standard InChI is InChI=1S/C6H9NO3/c8-2-1-6-5(4-9)3-7-10-6/h3,8-9H,1-2,4H2. The summed E-state index contributed by atoms with van der Waals surface area (Å²) < 4.78 is 4.73. The Morgan fingerprint density at radius 1 is 1.50 bits per heavy atom. The van der Waals surface area contributed by atoms with Gasteiger partial charge >= 0.3 is 0 Å². The molecule has 0 amide bonds. The molecule has 1 aromatic heterocycles. The summed E-state index contributed by atoms with van der Waals surface area (Å²) in [6, 6.07) is 0.